The molecule has 3 rings (SSSR count). The number of halogens is 5. The SMILES string of the molecule is O=C1C(c2ccc(Cl)cc2)=C(C(F)(F)F)C(=O)N1Cc1ccc(Cl)cc1. The molecule has 0 saturated heterocycles. The molecule has 0 bridgehead atoms. The van der Waals surface area contributed by atoms with Crippen molar-refractivity contribution in [2.45, 2.75) is 12.7 Å². The molecule has 0 spiro atoms. The number of hydrogen-bond acceptors (Lipinski definition) is 2. The van der Waals surface area contributed by atoms with Crippen LogP contribution in [0.15, 0.2) is 54.1 Å². The van der Waals surface area contributed by atoms with E-state index in [-0.39, 0.29) is 12.1 Å². The minimum Gasteiger partial charge on any atom is -0.270 e. The summed E-state index contributed by atoms with van der Waals surface area (Å²) in [6, 6.07) is 11.4. The third-order valence-electron chi connectivity index (χ3n) is 3.84. The summed E-state index contributed by atoms with van der Waals surface area (Å²) in [7, 11) is 0. The van der Waals surface area contributed by atoms with Crippen LogP contribution in [-0.4, -0.2) is 22.9 Å². The number of imide groups is 1. The van der Waals surface area contributed by atoms with E-state index in [0.29, 0.717) is 20.5 Å². The number of benzene rings is 2. The van der Waals surface area contributed by atoms with Gasteiger partial charge in [-0.05, 0) is 35.4 Å². The van der Waals surface area contributed by atoms with E-state index in [9.17, 15) is 22.8 Å². The Balaban J connectivity index is 2.03. The number of carbonyl (C=O) groups is 2. The van der Waals surface area contributed by atoms with Crippen molar-refractivity contribution in [3.8, 4) is 0 Å². The van der Waals surface area contributed by atoms with Crippen LogP contribution in [0.5, 0.6) is 0 Å². The van der Waals surface area contributed by atoms with Gasteiger partial charge in [-0.1, -0.05) is 47.5 Å². The van der Waals surface area contributed by atoms with Gasteiger partial charge >= 0.3 is 6.18 Å². The Morgan fingerprint density at radius 3 is 1.81 bits per heavy atom. The molecule has 0 aliphatic carbocycles. The Morgan fingerprint density at radius 1 is 0.808 bits per heavy atom. The molecule has 2 amide bonds. The molecule has 2 aromatic carbocycles. The molecule has 1 aliphatic heterocycles. The van der Waals surface area contributed by atoms with Gasteiger partial charge in [0.1, 0.15) is 5.57 Å². The highest BCUT2D eigenvalue weighted by Gasteiger charge is 2.51. The largest absolute Gasteiger partial charge is 0.422 e. The molecule has 26 heavy (non-hydrogen) atoms. The molecule has 134 valence electrons. The van der Waals surface area contributed by atoms with Crippen molar-refractivity contribution in [3.63, 3.8) is 0 Å². The van der Waals surface area contributed by atoms with Crippen LogP contribution in [0, 0.1) is 0 Å². The first-order valence-electron chi connectivity index (χ1n) is 7.36. The van der Waals surface area contributed by atoms with Crippen molar-refractivity contribution < 1.29 is 22.8 Å². The van der Waals surface area contributed by atoms with Crippen molar-refractivity contribution in [1.82, 2.24) is 4.90 Å². The second-order valence-corrected chi connectivity index (χ2v) is 6.45. The highest BCUT2D eigenvalue weighted by atomic mass is 35.5. The van der Waals surface area contributed by atoms with Crippen molar-refractivity contribution >= 4 is 40.6 Å². The summed E-state index contributed by atoms with van der Waals surface area (Å²) in [6.07, 6.45) is -4.96. The summed E-state index contributed by atoms with van der Waals surface area (Å²) in [5.74, 6) is -2.37. The van der Waals surface area contributed by atoms with Crippen LogP contribution in [0.25, 0.3) is 5.57 Å². The van der Waals surface area contributed by atoms with E-state index in [4.69, 9.17) is 23.2 Å². The molecule has 0 aromatic heterocycles. The first-order chi connectivity index (χ1) is 12.2. The standard InChI is InChI=1S/C18H10Cl2F3NO2/c19-12-5-1-10(2-6-12)9-24-16(25)14(11-3-7-13(20)8-4-11)15(17(24)26)18(21,22)23/h1-8H,9H2. The molecular formula is C18H10Cl2F3NO2. The van der Waals surface area contributed by atoms with Gasteiger partial charge in [0.2, 0.25) is 0 Å². The molecular weight excluding hydrogens is 390 g/mol. The maximum absolute atomic E-state index is 13.5. The summed E-state index contributed by atoms with van der Waals surface area (Å²) >= 11 is 11.5. The number of amides is 2. The molecule has 0 saturated carbocycles. The summed E-state index contributed by atoms with van der Waals surface area (Å²) in [5.41, 5.74) is -1.68. The Kier molecular flexibility index (Phi) is 4.82. The molecule has 8 heteroatoms. The molecule has 1 heterocycles. The number of rotatable bonds is 3. The molecule has 1 aliphatic rings. The van der Waals surface area contributed by atoms with Gasteiger partial charge in [0, 0.05) is 10.0 Å². The second kappa shape index (κ2) is 6.78. The van der Waals surface area contributed by atoms with E-state index < -0.39 is 29.1 Å². The van der Waals surface area contributed by atoms with Crippen molar-refractivity contribution in [3.05, 3.63) is 75.3 Å². The zero-order chi connectivity index (χ0) is 19.1. The van der Waals surface area contributed by atoms with Crippen LogP contribution in [0.4, 0.5) is 13.2 Å². The quantitative estimate of drug-likeness (QED) is 0.689. The molecule has 3 nitrogen and oxygen atoms in total. The van der Waals surface area contributed by atoms with Crippen molar-refractivity contribution in [1.29, 1.82) is 0 Å². The van der Waals surface area contributed by atoms with Gasteiger partial charge < -0.3 is 0 Å². The smallest absolute Gasteiger partial charge is 0.270 e. The Morgan fingerprint density at radius 2 is 1.31 bits per heavy atom. The number of nitrogens with zero attached hydrogens (tertiary/aromatic N) is 1. The van der Waals surface area contributed by atoms with Gasteiger partial charge in [-0.3, -0.25) is 14.5 Å². The number of carbonyl (C=O) groups excluding carboxylic acids is 2. The average Bonchev–Trinajstić information content (AvgIpc) is 2.82. The predicted octanol–water partition coefficient (Wildman–Crippen LogP) is 4.88. The van der Waals surface area contributed by atoms with Gasteiger partial charge in [0.15, 0.2) is 0 Å². The monoisotopic (exact) mass is 399 g/mol. The normalized spacial score (nSPS) is 15.2. The minimum atomic E-state index is -4.96. The predicted molar refractivity (Wildman–Crippen MR) is 91.4 cm³/mol. The Bertz CT molecular complexity index is 904. The molecule has 0 unspecified atom stereocenters. The lowest BCUT2D eigenvalue weighted by molar-refractivity contribution is -0.142. The number of hydrogen-bond donors (Lipinski definition) is 0. The van der Waals surface area contributed by atoms with Crippen molar-refractivity contribution in [2.24, 2.45) is 0 Å². The van der Waals surface area contributed by atoms with Gasteiger partial charge in [-0.25, -0.2) is 0 Å². The van der Waals surface area contributed by atoms with E-state index in [0.717, 1.165) is 0 Å². The fraction of sp³-hybridized carbons (Fsp3) is 0.111. The second-order valence-electron chi connectivity index (χ2n) is 5.58. The van der Waals surface area contributed by atoms with Gasteiger partial charge in [0.05, 0.1) is 12.1 Å². The zero-order valence-corrected chi connectivity index (χ0v) is 14.5. The number of alkyl halides is 3. The van der Waals surface area contributed by atoms with E-state index in [1.165, 1.54) is 48.5 Å². The van der Waals surface area contributed by atoms with E-state index in [1.807, 2.05) is 0 Å². The maximum atomic E-state index is 13.5. The summed E-state index contributed by atoms with van der Waals surface area (Å²) in [6.45, 7) is -0.286. The first-order valence-corrected chi connectivity index (χ1v) is 8.12. The van der Waals surface area contributed by atoms with Gasteiger partial charge in [-0.15, -0.1) is 0 Å². The summed E-state index contributed by atoms with van der Waals surface area (Å²) in [4.78, 5) is 25.6. The fourth-order valence-corrected chi connectivity index (χ4v) is 2.89. The summed E-state index contributed by atoms with van der Waals surface area (Å²) in [5, 5.41) is 0.737. The maximum Gasteiger partial charge on any atom is 0.422 e. The van der Waals surface area contributed by atoms with E-state index >= 15 is 0 Å². The van der Waals surface area contributed by atoms with E-state index in [1.54, 1.807) is 0 Å². The highest BCUT2D eigenvalue weighted by Crippen LogP contribution is 2.40. The lowest BCUT2D eigenvalue weighted by Crippen LogP contribution is -2.33. The van der Waals surface area contributed by atoms with Crippen LogP contribution in [-0.2, 0) is 16.1 Å². The highest BCUT2D eigenvalue weighted by molar-refractivity contribution is 6.36. The van der Waals surface area contributed by atoms with Crippen LogP contribution in [0.1, 0.15) is 11.1 Å². The summed E-state index contributed by atoms with van der Waals surface area (Å²) < 4.78 is 40.4. The molecule has 0 N–H and O–H groups in total. The average molecular weight is 400 g/mol. The Labute approximate surface area is 156 Å². The molecule has 0 radical (unpaired) electrons. The van der Waals surface area contributed by atoms with Crippen molar-refractivity contribution in [2.75, 3.05) is 0 Å². The van der Waals surface area contributed by atoms with Gasteiger partial charge in [-0.2, -0.15) is 13.2 Å². The third kappa shape index (κ3) is 3.48. The molecule has 2 aromatic rings. The lowest BCUT2D eigenvalue weighted by Gasteiger charge is -2.15. The fourth-order valence-electron chi connectivity index (χ4n) is 2.64. The first kappa shape index (κ1) is 18.5. The lowest BCUT2D eigenvalue weighted by atomic mass is 10.0. The molecule has 0 fully saturated rings. The zero-order valence-electron chi connectivity index (χ0n) is 13.0. The van der Waals surface area contributed by atoms with Gasteiger partial charge in [0.25, 0.3) is 11.8 Å². The van der Waals surface area contributed by atoms with Crippen LogP contribution >= 0.6 is 23.2 Å². The minimum absolute atomic E-state index is 0.0151. The third-order valence-corrected chi connectivity index (χ3v) is 4.34. The molecule has 0 atom stereocenters. The topological polar surface area (TPSA) is 37.4 Å². The van der Waals surface area contributed by atoms with Crippen LogP contribution in [0.3, 0.4) is 0 Å². The van der Waals surface area contributed by atoms with E-state index in [2.05, 4.69) is 0 Å². The van der Waals surface area contributed by atoms with Crippen LogP contribution < -0.4 is 0 Å². The Hall–Kier alpha value is -2.31. The van der Waals surface area contributed by atoms with Crippen LogP contribution in [0.2, 0.25) is 10.0 Å².